The number of furan rings is 1. The van der Waals surface area contributed by atoms with E-state index >= 15 is 0 Å². The molecule has 2 N–H and O–H groups in total. The number of carboxylic acid groups (broad SMARTS) is 1. The molecule has 1 aromatic heterocycles. The number of amides is 1. The first-order valence-electron chi connectivity index (χ1n) is 7.37. The van der Waals surface area contributed by atoms with Gasteiger partial charge >= 0.3 is 5.97 Å². The number of halogens is 1. The van der Waals surface area contributed by atoms with Crippen LogP contribution in [0.15, 0.2) is 40.8 Å². The maximum absolute atomic E-state index is 12.8. The molecule has 1 aromatic carbocycles. The lowest BCUT2D eigenvalue weighted by Gasteiger charge is -2.16. The van der Waals surface area contributed by atoms with Crippen LogP contribution in [0.4, 0.5) is 4.39 Å². The molecule has 0 bridgehead atoms. The maximum atomic E-state index is 12.8. The molecule has 2 aromatic rings. The number of benzene rings is 1. The van der Waals surface area contributed by atoms with Gasteiger partial charge in [-0.1, -0.05) is 13.8 Å². The van der Waals surface area contributed by atoms with Crippen LogP contribution in [0.3, 0.4) is 0 Å². The number of hydrogen-bond donors (Lipinski definition) is 2. The Labute approximate surface area is 138 Å². The van der Waals surface area contributed by atoms with Gasteiger partial charge in [-0.25, -0.2) is 9.18 Å². The van der Waals surface area contributed by atoms with Crippen LogP contribution < -0.4 is 10.1 Å². The predicted octanol–water partition coefficient (Wildman–Crippen LogP) is 2.84. The van der Waals surface area contributed by atoms with Gasteiger partial charge in [0.25, 0.3) is 5.91 Å². The third kappa shape index (κ3) is 4.58. The Morgan fingerprint density at radius 1 is 1.21 bits per heavy atom. The Morgan fingerprint density at radius 2 is 1.88 bits per heavy atom. The zero-order chi connectivity index (χ0) is 17.7. The molecule has 2 rings (SSSR count). The fraction of sp³-hybridized carbons (Fsp3) is 0.294. The van der Waals surface area contributed by atoms with Crippen LogP contribution in [0.1, 0.15) is 30.2 Å². The molecule has 7 heteroatoms. The molecule has 0 spiro atoms. The smallest absolute Gasteiger partial charge is 0.326 e. The number of carbonyl (C=O) groups excluding carboxylic acids is 1. The molecule has 0 unspecified atom stereocenters. The zero-order valence-electron chi connectivity index (χ0n) is 13.3. The summed E-state index contributed by atoms with van der Waals surface area (Å²) in [6.45, 7) is 3.46. The summed E-state index contributed by atoms with van der Waals surface area (Å²) in [7, 11) is 0. The molecule has 0 saturated heterocycles. The highest BCUT2D eigenvalue weighted by Crippen LogP contribution is 2.15. The summed E-state index contributed by atoms with van der Waals surface area (Å²) in [6.07, 6.45) is 0. The largest absolute Gasteiger partial charge is 0.486 e. The zero-order valence-corrected chi connectivity index (χ0v) is 13.3. The lowest BCUT2D eigenvalue weighted by Crippen LogP contribution is -2.44. The van der Waals surface area contributed by atoms with Crippen molar-refractivity contribution in [3.63, 3.8) is 0 Å². The molecule has 0 aliphatic heterocycles. The highest BCUT2D eigenvalue weighted by Gasteiger charge is 2.25. The van der Waals surface area contributed by atoms with Gasteiger partial charge in [0.1, 0.15) is 30.0 Å². The Morgan fingerprint density at radius 3 is 2.46 bits per heavy atom. The molecule has 6 nitrogen and oxygen atoms in total. The fourth-order valence-electron chi connectivity index (χ4n) is 1.99. The predicted molar refractivity (Wildman–Crippen MR) is 83.2 cm³/mol. The molecule has 0 saturated carbocycles. The molecular weight excluding hydrogens is 317 g/mol. The highest BCUT2D eigenvalue weighted by molar-refractivity contribution is 5.94. The molecule has 1 heterocycles. The van der Waals surface area contributed by atoms with Crippen molar-refractivity contribution in [3.8, 4) is 5.75 Å². The molecule has 0 aliphatic rings. The van der Waals surface area contributed by atoms with Crippen molar-refractivity contribution >= 4 is 11.9 Å². The van der Waals surface area contributed by atoms with E-state index in [1.54, 1.807) is 19.9 Å². The first-order chi connectivity index (χ1) is 11.4. The molecular formula is C17H18FNO5. The van der Waals surface area contributed by atoms with Gasteiger partial charge in [0, 0.05) is 0 Å². The SMILES string of the molecule is CC(C)[C@H](NC(=O)c1ccc(COc2ccc(F)cc2)o1)C(=O)O. The first-order valence-corrected chi connectivity index (χ1v) is 7.37. The summed E-state index contributed by atoms with van der Waals surface area (Å²) in [5.74, 6) is -1.49. The summed E-state index contributed by atoms with van der Waals surface area (Å²) in [5.41, 5.74) is 0. The van der Waals surface area contributed by atoms with Crippen molar-refractivity contribution in [3.05, 3.63) is 53.7 Å². The van der Waals surface area contributed by atoms with Gasteiger partial charge in [-0.3, -0.25) is 4.79 Å². The van der Waals surface area contributed by atoms with Crippen molar-refractivity contribution < 1.29 is 28.2 Å². The minimum Gasteiger partial charge on any atom is -0.486 e. The quantitative estimate of drug-likeness (QED) is 0.812. The Bertz CT molecular complexity index is 708. The van der Waals surface area contributed by atoms with Gasteiger partial charge in [-0.05, 0) is 42.3 Å². The van der Waals surface area contributed by atoms with Crippen molar-refractivity contribution in [2.75, 3.05) is 0 Å². The van der Waals surface area contributed by atoms with Crippen LogP contribution in [0.2, 0.25) is 0 Å². The lowest BCUT2D eigenvalue weighted by atomic mass is 10.0. The average Bonchev–Trinajstić information content (AvgIpc) is 3.00. The number of carboxylic acids is 1. The van der Waals surface area contributed by atoms with Crippen LogP contribution in [-0.4, -0.2) is 23.0 Å². The number of rotatable bonds is 7. The van der Waals surface area contributed by atoms with Gasteiger partial charge < -0.3 is 19.6 Å². The summed E-state index contributed by atoms with van der Waals surface area (Å²) in [5, 5.41) is 11.5. The number of hydrogen-bond acceptors (Lipinski definition) is 4. The second-order valence-corrected chi connectivity index (χ2v) is 5.54. The van der Waals surface area contributed by atoms with E-state index < -0.39 is 17.9 Å². The van der Waals surface area contributed by atoms with Gasteiger partial charge in [0.05, 0.1) is 0 Å². The molecule has 0 fully saturated rings. The standard InChI is InChI=1S/C17H18FNO5/c1-10(2)15(17(21)22)19-16(20)14-8-7-13(24-14)9-23-12-5-3-11(18)4-6-12/h3-8,10,15H,9H2,1-2H3,(H,19,20)(H,21,22)/t15-/m0/s1. The van der Waals surface area contributed by atoms with Crippen molar-refractivity contribution in [2.24, 2.45) is 5.92 Å². The van der Waals surface area contributed by atoms with E-state index in [-0.39, 0.29) is 24.1 Å². The van der Waals surface area contributed by atoms with Crippen LogP contribution in [0.25, 0.3) is 0 Å². The normalized spacial score (nSPS) is 12.0. The second-order valence-electron chi connectivity index (χ2n) is 5.54. The molecule has 128 valence electrons. The monoisotopic (exact) mass is 335 g/mol. The van der Waals surface area contributed by atoms with Crippen LogP contribution >= 0.6 is 0 Å². The molecule has 1 amide bonds. The van der Waals surface area contributed by atoms with Crippen molar-refractivity contribution in [2.45, 2.75) is 26.5 Å². The van der Waals surface area contributed by atoms with E-state index in [9.17, 15) is 14.0 Å². The second kappa shape index (κ2) is 7.63. The van der Waals surface area contributed by atoms with Crippen molar-refractivity contribution in [1.29, 1.82) is 0 Å². The van der Waals surface area contributed by atoms with Crippen LogP contribution in [0.5, 0.6) is 5.75 Å². The Balaban J connectivity index is 1.95. The maximum Gasteiger partial charge on any atom is 0.326 e. The van der Waals surface area contributed by atoms with Gasteiger partial charge in [0.15, 0.2) is 5.76 Å². The summed E-state index contributed by atoms with van der Waals surface area (Å²) >= 11 is 0. The molecule has 0 radical (unpaired) electrons. The van der Waals surface area contributed by atoms with E-state index in [2.05, 4.69) is 5.32 Å². The Kier molecular flexibility index (Phi) is 5.57. The number of carbonyl (C=O) groups is 2. The van der Waals surface area contributed by atoms with Crippen molar-refractivity contribution in [1.82, 2.24) is 5.32 Å². The van der Waals surface area contributed by atoms with E-state index in [1.165, 1.54) is 30.3 Å². The number of ether oxygens (including phenoxy) is 1. The number of nitrogens with one attached hydrogen (secondary N) is 1. The van der Waals surface area contributed by atoms with Crippen LogP contribution in [-0.2, 0) is 11.4 Å². The number of aliphatic carboxylic acids is 1. The highest BCUT2D eigenvalue weighted by atomic mass is 19.1. The van der Waals surface area contributed by atoms with E-state index in [0.29, 0.717) is 11.5 Å². The molecule has 0 aliphatic carbocycles. The molecule has 24 heavy (non-hydrogen) atoms. The van der Waals surface area contributed by atoms with Gasteiger partial charge in [0.2, 0.25) is 0 Å². The first kappa shape index (κ1) is 17.5. The van der Waals surface area contributed by atoms with Crippen LogP contribution in [0, 0.1) is 11.7 Å². The third-order valence-corrected chi connectivity index (χ3v) is 3.30. The fourth-order valence-corrected chi connectivity index (χ4v) is 1.99. The minimum absolute atomic E-state index is 0.000365. The van der Waals surface area contributed by atoms with E-state index in [0.717, 1.165) is 0 Å². The summed E-state index contributed by atoms with van der Waals surface area (Å²) in [6, 6.07) is 7.50. The molecule has 1 atom stereocenters. The van der Waals surface area contributed by atoms with Gasteiger partial charge in [-0.15, -0.1) is 0 Å². The van der Waals surface area contributed by atoms with E-state index in [1.807, 2.05) is 0 Å². The average molecular weight is 335 g/mol. The third-order valence-electron chi connectivity index (χ3n) is 3.30. The Hall–Kier alpha value is -2.83. The van der Waals surface area contributed by atoms with E-state index in [4.69, 9.17) is 14.3 Å². The minimum atomic E-state index is -1.11. The summed E-state index contributed by atoms with van der Waals surface area (Å²) in [4.78, 5) is 23.1. The topological polar surface area (TPSA) is 88.8 Å². The summed E-state index contributed by atoms with van der Waals surface area (Å²) < 4.78 is 23.6. The lowest BCUT2D eigenvalue weighted by molar-refractivity contribution is -0.140. The van der Waals surface area contributed by atoms with Gasteiger partial charge in [-0.2, -0.15) is 0 Å².